The molecule has 40 heavy (non-hydrogen) atoms. The number of aliphatic hydroxyl groups excluding tert-OH is 1. The third kappa shape index (κ3) is 8.77. The van der Waals surface area contributed by atoms with E-state index in [1.807, 2.05) is 36.4 Å². The lowest BCUT2D eigenvalue weighted by Crippen LogP contribution is -2.50. The first-order valence-corrected chi connectivity index (χ1v) is 20.2. The maximum Gasteiger partial charge on any atom is 0.414 e. The fourth-order valence-corrected chi connectivity index (χ4v) is 12.5. The standard InChI is InChI=1S/C32H57NO5Si2/c1-24(2)40(25(3)4,26(5)6)37-19-15-18-28-20-30(34)21-29(23-38-39(10,11)32(7,8)9)33(28)31(35)36-22-27-16-13-12-14-17-27/h12-14,16-17,20,24-26,29-30,34H,15,18-19,21-23H2,1-11H3/t29-,30-/m1/s1. The number of rotatable bonds is 13. The van der Waals surface area contributed by atoms with Crippen molar-refractivity contribution in [3.63, 3.8) is 0 Å². The molecule has 6 nitrogen and oxygen atoms in total. The predicted octanol–water partition coefficient (Wildman–Crippen LogP) is 8.64. The predicted molar refractivity (Wildman–Crippen MR) is 170 cm³/mol. The van der Waals surface area contributed by atoms with E-state index in [4.69, 9.17) is 13.6 Å². The third-order valence-electron chi connectivity index (χ3n) is 9.05. The molecule has 1 N–H and O–H groups in total. The summed E-state index contributed by atoms with van der Waals surface area (Å²) < 4.78 is 19.2. The van der Waals surface area contributed by atoms with Gasteiger partial charge in [-0.05, 0) is 59.2 Å². The molecule has 0 bridgehead atoms. The number of nitrogens with zero attached hydrogens (tertiary/aromatic N) is 1. The van der Waals surface area contributed by atoms with Crippen molar-refractivity contribution in [3.05, 3.63) is 47.7 Å². The Hall–Kier alpha value is -1.46. The quantitative estimate of drug-likeness (QED) is 0.184. The molecule has 1 heterocycles. The molecule has 1 aromatic carbocycles. The van der Waals surface area contributed by atoms with E-state index < -0.39 is 22.7 Å². The van der Waals surface area contributed by atoms with Gasteiger partial charge >= 0.3 is 6.09 Å². The second-order valence-corrected chi connectivity index (χ2v) is 24.1. The maximum atomic E-state index is 13.6. The highest BCUT2D eigenvalue weighted by Gasteiger charge is 2.45. The number of aliphatic hydroxyl groups is 1. The van der Waals surface area contributed by atoms with Crippen LogP contribution in [0.4, 0.5) is 4.79 Å². The number of carbonyl (C=O) groups is 1. The van der Waals surface area contributed by atoms with Gasteiger partial charge < -0.3 is 18.7 Å². The number of benzene rings is 1. The zero-order valence-electron chi connectivity index (χ0n) is 27.1. The summed E-state index contributed by atoms with van der Waals surface area (Å²) in [5.74, 6) is 0. The van der Waals surface area contributed by atoms with Gasteiger partial charge in [-0.3, -0.25) is 4.90 Å². The van der Waals surface area contributed by atoms with Crippen LogP contribution in [0.5, 0.6) is 0 Å². The van der Waals surface area contributed by atoms with Gasteiger partial charge in [0.2, 0.25) is 0 Å². The molecule has 1 amide bonds. The molecule has 228 valence electrons. The highest BCUT2D eigenvalue weighted by Crippen LogP contribution is 2.42. The fourth-order valence-electron chi connectivity index (χ4n) is 5.91. The van der Waals surface area contributed by atoms with E-state index in [2.05, 4.69) is 75.4 Å². The van der Waals surface area contributed by atoms with Gasteiger partial charge in [0.05, 0.1) is 18.8 Å². The molecular weight excluding hydrogens is 535 g/mol. The summed E-state index contributed by atoms with van der Waals surface area (Å²) in [5.41, 5.74) is 3.30. The van der Waals surface area contributed by atoms with Gasteiger partial charge in [0.1, 0.15) is 6.61 Å². The van der Waals surface area contributed by atoms with Crippen molar-refractivity contribution in [1.82, 2.24) is 4.90 Å². The minimum atomic E-state index is -2.05. The lowest BCUT2D eigenvalue weighted by molar-refractivity contribution is 0.0540. The Morgan fingerprint density at radius 1 is 1.00 bits per heavy atom. The molecule has 1 aliphatic heterocycles. The number of amides is 1. The van der Waals surface area contributed by atoms with E-state index >= 15 is 0 Å². The van der Waals surface area contributed by atoms with Gasteiger partial charge in [-0.2, -0.15) is 0 Å². The highest BCUT2D eigenvalue weighted by atomic mass is 28.4. The van der Waals surface area contributed by atoms with Crippen LogP contribution in [-0.4, -0.2) is 58.1 Å². The Morgan fingerprint density at radius 2 is 1.57 bits per heavy atom. The largest absolute Gasteiger partial charge is 0.444 e. The van der Waals surface area contributed by atoms with Crippen molar-refractivity contribution >= 4 is 22.7 Å². The Kier molecular flexibility index (Phi) is 12.7. The molecule has 0 fully saturated rings. The average Bonchev–Trinajstić information content (AvgIpc) is 2.85. The van der Waals surface area contributed by atoms with Crippen LogP contribution in [0.1, 0.15) is 87.1 Å². The second-order valence-electron chi connectivity index (χ2n) is 13.9. The van der Waals surface area contributed by atoms with E-state index in [1.165, 1.54) is 0 Å². The average molecular weight is 592 g/mol. The molecule has 0 saturated carbocycles. The summed E-state index contributed by atoms with van der Waals surface area (Å²) in [6, 6.07) is 9.45. The van der Waals surface area contributed by atoms with Crippen LogP contribution >= 0.6 is 0 Å². The van der Waals surface area contributed by atoms with Crippen molar-refractivity contribution in [3.8, 4) is 0 Å². The van der Waals surface area contributed by atoms with Gasteiger partial charge in [-0.1, -0.05) is 92.6 Å². The van der Waals surface area contributed by atoms with Crippen LogP contribution in [0.15, 0.2) is 42.1 Å². The van der Waals surface area contributed by atoms with E-state index in [0.717, 1.165) is 17.7 Å². The molecule has 0 aliphatic carbocycles. The van der Waals surface area contributed by atoms with Crippen molar-refractivity contribution < 1.29 is 23.5 Å². The van der Waals surface area contributed by atoms with Crippen LogP contribution in [0.3, 0.4) is 0 Å². The van der Waals surface area contributed by atoms with Crippen LogP contribution in [0, 0.1) is 0 Å². The molecule has 0 radical (unpaired) electrons. The molecule has 0 spiro atoms. The summed E-state index contributed by atoms with van der Waals surface area (Å²) in [6.07, 6.45) is 2.65. The molecule has 2 rings (SSSR count). The molecule has 1 aromatic rings. The third-order valence-corrected chi connectivity index (χ3v) is 19.7. The van der Waals surface area contributed by atoms with Gasteiger partial charge in [-0.25, -0.2) is 4.79 Å². The zero-order valence-corrected chi connectivity index (χ0v) is 29.1. The first-order chi connectivity index (χ1) is 18.5. The zero-order chi connectivity index (χ0) is 30.3. The maximum absolute atomic E-state index is 13.6. The van der Waals surface area contributed by atoms with Crippen LogP contribution in [-0.2, 0) is 20.2 Å². The highest BCUT2D eigenvalue weighted by molar-refractivity contribution is 6.77. The molecule has 2 atom stereocenters. The molecular formula is C32H57NO5Si2. The fraction of sp³-hybridized carbons (Fsp3) is 0.719. The molecule has 0 saturated heterocycles. The van der Waals surface area contributed by atoms with Crippen molar-refractivity contribution in [2.24, 2.45) is 0 Å². The summed E-state index contributed by atoms with van der Waals surface area (Å²) in [5, 5.41) is 10.9. The monoisotopic (exact) mass is 591 g/mol. The molecule has 1 aliphatic rings. The van der Waals surface area contributed by atoms with E-state index in [1.54, 1.807) is 4.90 Å². The first-order valence-electron chi connectivity index (χ1n) is 15.2. The topological polar surface area (TPSA) is 68.2 Å². The summed E-state index contributed by atoms with van der Waals surface area (Å²) in [7, 11) is -4.02. The lowest BCUT2D eigenvalue weighted by atomic mass is 9.99. The van der Waals surface area contributed by atoms with Crippen molar-refractivity contribution in [2.45, 2.75) is 135 Å². The van der Waals surface area contributed by atoms with E-state index in [9.17, 15) is 9.90 Å². The summed E-state index contributed by atoms with van der Waals surface area (Å²) >= 11 is 0. The van der Waals surface area contributed by atoms with Crippen molar-refractivity contribution in [2.75, 3.05) is 13.2 Å². The van der Waals surface area contributed by atoms with Gasteiger partial charge in [-0.15, -0.1) is 0 Å². The normalized spacial score (nSPS) is 19.0. The minimum absolute atomic E-state index is 0.0502. The summed E-state index contributed by atoms with van der Waals surface area (Å²) in [4.78, 5) is 15.3. The smallest absolute Gasteiger partial charge is 0.414 e. The van der Waals surface area contributed by atoms with Crippen molar-refractivity contribution in [1.29, 1.82) is 0 Å². The molecule has 0 unspecified atom stereocenters. The van der Waals surface area contributed by atoms with Gasteiger partial charge in [0, 0.05) is 18.7 Å². The summed E-state index contributed by atoms with van der Waals surface area (Å²) in [6.45, 7) is 26.1. The van der Waals surface area contributed by atoms with E-state index in [-0.39, 0.29) is 23.8 Å². The Balaban J connectivity index is 2.22. The first kappa shape index (κ1) is 34.7. The Labute approximate surface area is 246 Å². The number of ether oxygens (including phenoxy) is 1. The van der Waals surface area contributed by atoms with Crippen LogP contribution < -0.4 is 0 Å². The Morgan fingerprint density at radius 3 is 2.10 bits per heavy atom. The number of carbonyl (C=O) groups excluding carboxylic acids is 1. The number of hydrogen-bond donors (Lipinski definition) is 1. The van der Waals surface area contributed by atoms with Gasteiger partial charge in [0.15, 0.2) is 16.6 Å². The minimum Gasteiger partial charge on any atom is -0.444 e. The molecule has 8 heteroatoms. The van der Waals surface area contributed by atoms with Crippen LogP contribution in [0.2, 0.25) is 34.8 Å². The van der Waals surface area contributed by atoms with Crippen LogP contribution in [0.25, 0.3) is 0 Å². The molecule has 0 aromatic heterocycles. The van der Waals surface area contributed by atoms with Gasteiger partial charge in [0.25, 0.3) is 0 Å². The van der Waals surface area contributed by atoms with E-state index in [0.29, 0.717) is 42.7 Å². The second kappa shape index (κ2) is 14.6. The lowest BCUT2D eigenvalue weighted by Gasteiger charge is -2.43. The number of hydrogen-bond acceptors (Lipinski definition) is 5. The number of allylic oxidation sites excluding steroid dienone is 1. The Bertz CT molecular complexity index is 934. The SMILES string of the molecule is CC(C)[Si](OCCCC1=C[C@@H](O)C[C@H](CO[Si](C)(C)C(C)(C)C)N1C(=O)OCc1ccccc1)(C(C)C)C(C)C.